The van der Waals surface area contributed by atoms with Crippen LogP contribution in [0.3, 0.4) is 0 Å². The average molecular weight is 161 g/mol. The van der Waals surface area contributed by atoms with E-state index in [1.165, 1.54) is 0 Å². The summed E-state index contributed by atoms with van der Waals surface area (Å²) in [5, 5.41) is 8.66. The molecular formula is C10H11NO. The highest BCUT2D eigenvalue weighted by molar-refractivity contribution is 5.32. The van der Waals surface area contributed by atoms with Gasteiger partial charge in [0.25, 0.3) is 0 Å². The molecule has 1 rings (SSSR count). The summed E-state index contributed by atoms with van der Waals surface area (Å²) in [4.78, 5) is 0. The lowest BCUT2D eigenvalue weighted by Gasteiger charge is -2.04. The second-order valence-corrected chi connectivity index (χ2v) is 2.63. The van der Waals surface area contributed by atoms with E-state index >= 15 is 0 Å². The summed E-state index contributed by atoms with van der Waals surface area (Å²) in [5.41, 5.74) is 0.997. The SMILES string of the molecule is COc1cccc([C@@H](C)C#N)c1. The van der Waals surface area contributed by atoms with Gasteiger partial charge in [0, 0.05) is 0 Å². The molecule has 0 radical (unpaired) electrons. The molecule has 0 unspecified atom stereocenters. The maximum atomic E-state index is 8.66. The summed E-state index contributed by atoms with van der Waals surface area (Å²) in [6, 6.07) is 9.75. The number of hydrogen-bond donors (Lipinski definition) is 0. The Morgan fingerprint density at radius 1 is 1.50 bits per heavy atom. The number of benzene rings is 1. The maximum absolute atomic E-state index is 8.66. The predicted molar refractivity (Wildman–Crippen MR) is 47.0 cm³/mol. The second-order valence-electron chi connectivity index (χ2n) is 2.63. The van der Waals surface area contributed by atoms with Crippen LogP contribution < -0.4 is 4.74 Å². The van der Waals surface area contributed by atoms with Crippen LogP contribution in [0.5, 0.6) is 5.75 Å². The van der Waals surface area contributed by atoms with E-state index in [4.69, 9.17) is 10.00 Å². The van der Waals surface area contributed by atoms with Crippen molar-refractivity contribution in [1.29, 1.82) is 5.26 Å². The zero-order chi connectivity index (χ0) is 8.97. The molecule has 12 heavy (non-hydrogen) atoms. The highest BCUT2D eigenvalue weighted by atomic mass is 16.5. The van der Waals surface area contributed by atoms with Gasteiger partial charge in [-0.25, -0.2) is 0 Å². The smallest absolute Gasteiger partial charge is 0.119 e. The first-order valence-electron chi connectivity index (χ1n) is 3.81. The number of rotatable bonds is 2. The molecule has 2 heteroatoms. The molecule has 0 fully saturated rings. The molecule has 0 spiro atoms. The van der Waals surface area contributed by atoms with Gasteiger partial charge in [-0.05, 0) is 24.6 Å². The van der Waals surface area contributed by atoms with Crippen LogP contribution in [0.25, 0.3) is 0 Å². The van der Waals surface area contributed by atoms with Crippen LogP contribution in [0.2, 0.25) is 0 Å². The Labute approximate surface area is 72.4 Å². The van der Waals surface area contributed by atoms with Crippen molar-refractivity contribution >= 4 is 0 Å². The first kappa shape index (κ1) is 8.61. The van der Waals surface area contributed by atoms with E-state index in [0.29, 0.717) is 0 Å². The monoisotopic (exact) mass is 161 g/mol. The van der Waals surface area contributed by atoms with Crippen LogP contribution in [0.1, 0.15) is 18.4 Å². The van der Waals surface area contributed by atoms with Crippen molar-refractivity contribution in [2.75, 3.05) is 7.11 Å². The predicted octanol–water partition coefficient (Wildman–Crippen LogP) is 2.32. The highest BCUT2D eigenvalue weighted by Gasteiger charge is 2.03. The molecule has 0 aliphatic heterocycles. The van der Waals surface area contributed by atoms with Crippen molar-refractivity contribution in [2.45, 2.75) is 12.8 Å². The third-order valence-corrected chi connectivity index (χ3v) is 1.79. The lowest BCUT2D eigenvalue weighted by Crippen LogP contribution is -1.90. The molecule has 1 aromatic carbocycles. The first-order valence-corrected chi connectivity index (χ1v) is 3.81. The maximum Gasteiger partial charge on any atom is 0.119 e. The van der Waals surface area contributed by atoms with Crippen LogP contribution in [-0.4, -0.2) is 7.11 Å². The molecule has 0 saturated carbocycles. The molecule has 0 aliphatic rings. The molecule has 62 valence electrons. The van der Waals surface area contributed by atoms with Gasteiger partial charge in [0.1, 0.15) is 5.75 Å². The molecular weight excluding hydrogens is 150 g/mol. The van der Waals surface area contributed by atoms with Gasteiger partial charge in [-0.1, -0.05) is 12.1 Å². The number of ether oxygens (including phenoxy) is 1. The van der Waals surface area contributed by atoms with Crippen molar-refractivity contribution in [3.8, 4) is 11.8 Å². The number of methoxy groups -OCH3 is 1. The Balaban J connectivity index is 2.95. The van der Waals surface area contributed by atoms with Gasteiger partial charge in [-0.15, -0.1) is 0 Å². The summed E-state index contributed by atoms with van der Waals surface area (Å²) in [6.45, 7) is 1.87. The minimum absolute atomic E-state index is 0.0694. The Morgan fingerprint density at radius 2 is 2.25 bits per heavy atom. The summed E-state index contributed by atoms with van der Waals surface area (Å²) >= 11 is 0. The zero-order valence-electron chi connectivity index (χ0n) is 7.24. The van der Waals surface area contributed by atoms with Crippen LogP contribution in [0.4, 0.5) is 0 Å². The number of nitrogens with zero attached hydrogens (tertiary/aromatic N) is 1. The lowest BCUT2D eigenvalue weighted by atomic mass is 10.0. The van der Waals surface area contributed by atoms with Gasteiger partial charge in [0.05, 0.1) is 19.1 Å². The van der Waals surface area contributed by atoms with Crippen LogP contribution in [0.15, 0.2) is 24.3 Å². The van der Waals surface area contributed by atoms with E-state index in [9.17, 15) is 0 Å². The Morgan fingerprint density at radius 3 is 2.83 bits per heavy atom. The molecule has 0 bridgehead atoms. The molecule has 0 N–H and O–H groups in total. The topological polar surface area (TPSA) is 33.0 Å². The summed E-state index contributed by atoms with van der Waals surface area (Å²) in [6.07, 6.45) is 0. The van der Waals surface area contributed by atoms with Crippen LogP contribution in [0, 0.1) is 11.3 Å². The molecule has 2 nitrogen and oxygen atoms in total. The van der Waals surface area contributed by atoms with Crippen molar-refractivity contribution in [3.05, 3.63) is 29.8 Å². The molecule has 0 amide bonds. The highest BCUT2D eigenvalue weighted by Crippen LogP contribution is 2.19. The standard InChI is InChI=1S/C10H11NO/c1-8(7-11)9-4-3-5-10(6-9)12-2/h3-6,8H,1-2H3/t8-/m0/s1. The van der Waals surface area contributed by atoms with E-state index in [0.717, 1.165) is 11.3 Å². The van der Waals surface area contributed by atoms with E-state index in [1.54, 1.807) is 7.11 Å². The lowest BCUT2D eigenvalue weighted by molar-refractivity contribution is 0.414. The van der Waals surface area contributed by atoms with E-state index < -0.39 is 0 Å². The van der Waals surface area contributed by atoms with Gasteiger partial charge in [-0.3, -0.25) is 0 Å². The van der Waals surface area contributed by atoms with Gasteiger partial charge < -0.3 is 4.74 Å². The van der Waals surface area contributed by atoms with Crippen molar-refractivity contribution in [1.82, 2.24) is 0 Å². The van der Waals surface area contributed by atoms with E-state index in [2.05, 4.69) is 6.07 Å². The van der Waals surface area contributed by atoms with E-state index in [-0.39, 0.29) is 5.92 Å². The summed E-state index contributed by atoms with van der Waals surface area (Å²) < 4.78 is 5.04. The molecule has 0 heterocycles. The van der Waals surface area contributed by atoms with Crippen molar-refractivity contribution < 1.29 is 4.74 Å². The van der Waals surface area contributed by atoms with Crippen LogP contribution >= 0.6 is 0 Å². The minimum Gasteiger partial charge on any atom is -0.497 e. The largest absolute Gasteiger partial charge is 0.497 e. The quantitative estimate of drug-likeness (QED) is 0.666. The molecule has 1 atom stereocenters. The number of nitriles is 1. The second kappa shape index (κ2) is 3.77. The van der Waals surface area contributed by atoms with Gasteiger partial charge in [0.15, 0.2) is 0 Å². The zero-order valence-corrected chi connectivity index (χ0v) is 7.24. The first-order chi connectivity index (χ1) is 5.77. The van der Waals surface area contributed by atoms with Crippen LogP contribution in [-0.2, 0) is 0 Å². The summed E-state index contributed by atoms with van der Waals surface area (Å²) in [5.74, 6) is 0.731. The molecule has 0 aliphatic carbocycles. The van der Waals surface area contributed by atoms with Crippen molar-refractivity contribution in [3.63, 3.8) is 0 Å². The Bertz CT molecular complexity index is 301. The van der Waals surface area contributed by atoms with Gasteiger partial charge in [0.2, 0.25) is 0 Å². The fraction of sp³-hybridized carbons (Fsp3) is 0.300. The normalized spacial score (nSPS) is 11.8. The van der Waals surface area contributed by atoms with Crippen molar-refractivity contribution in [2.24, 2.45) is 0 Å². The van der Waals surface area contributed by atoms with E-state index in [1.807, 2.05) is 31.2 Å². The third-order valence-electron chi connectivity index (χ3n) is 1.79. The third kappa shape index (κ3) is 1.76. The Hall–Kier alpha value is -1.49. The fourth-order valence-corrected chi connectivity index (χ4v) is 0.985. The minimum atomic E-state index is -0.0694. The number of hydrogen-bond acceptors (Lipinski definition) is 2. The fourth-order valence-electron chi connectivity index (χ4n) is 0.985. The molecule has 1 aromatic rings. The molecule has 0 aromatic heterocycles. The average Bonchev–Trinajstić information content (AvgIpc) is 2.17. The van der Waals surface area contributed by atoms with Gasteiger partial charge in [-0.2, -0.15) is 5.26 Å². The molecule has 0 saturated heterocycles. The summed E-state index contributed by atoms with van der Waals surface area (Å²) in [7, 11) is 1.62. The van der Waals surface area contributed by atoms with Gasteiger partial charge >= 0.3 is 0 Å². The Kier molecular flexibility index (Phi) is 2.71.